The van der Waals surface area contributed by atoms with Crippen LogP contribution in [0.1, 0.15) is 24.8 Å². The number of nitrogens with zero attached hydrogens (tertiary/aromatic N) is 2. The lowest BCUT2D eigenvalue weighted by atomic mass is 10.2. The lowest BCUT2D eigenvalue weighted by Gasteiger charge is -2.25. The Labute approximate surface area is 116 Å². The van der Waals surface area contributed by atoms with Gasteiger partial charge in [-0.25, -0.2) is 8.42 Å². The Hall–Kier alpha value is -1.54. The summed E-state index contributed by atoms with van der Waals surface area (Å²) in [7, 11) is -3.80. The minimum absolute atomic E-state index is 0.0465. The first-order valence-corrected chi connectivity index (χ1v) is 7.72. The van der Waals surface area contributed by atoms with Crippen LogP contribution < -0.4 is 0 Å². The first-order chi connectivity index (χ1) is 9.34. The molecule has 0 atom stereocenters. The summed E-state index contributed by atoms with van der Waals surface area (Å²) in [6.07, 6.45) is 2.50. The molecule has 1 heterocycles. The number of aryl methyl sites for hydroxylation is 1. The van der Waals surface area contributed by atoms with Crippen molar-refractivity contribution in [1.29, 1.82) is 0 Å². The molecule has 6 nitrogen and oxygen atoms in total. The van der Waals surface area contributed by atoms with Crippen LogP contribution in [0.5, 0.6) is 0 Å². The van der Waals surface area contributed by atoms with Crippen LogP contribution in [0.25, 0.3) is 0 Å². The topological polar surface area (TPSA) is 80.5 Å². The van der Waals surface area contributed by atoms with E-state index in [1.807, 2.05) is 0 Å². The molecule has 20 heavy (non-hydrogen) atoms. The van der Waals surface area contributed by atoms with Crippen LogP contribution in [-0.2, 0) is 10.0 Å². The molecular formula is C12H15FN2O4S. The number of benzene rings is 1. The molecule has 0 saturated carbocycles. The summed E-state index contributed by atoms with van der Waals surface area (Å²) >= 11 is 0. The van der Waals surface area contributed by atoms with Crippen molar-refractivity contribution in [2.24, 2.45) is 0 Å². The normalized spacial score (nSPS) is 17.1. The molecule has 0 bridgehead atoms. The monoisotopic (exact) mass is 302 g/mol. The van der Waals surface area contributed by atoms with Gasteiger partial charge in [0.15, 0.2) is 0 Å². The zero-order valence-electron chi connectivity index (χ0n) is 11.0. The molecule has 0 spiro atoms. The van der Waals surface area contributed by atoms with Gasteiger partial charge in [-0.1, -0.05) is 6.42 Å². The third-order valence-electron chi connectivity index (χ3n) is 3.36. The molecule has 1 aliphatic rings. The van der Waals surface area contributed by atoms with Gasteiger partial charge in [0.2, 0.25) is 15.8 Å². The molecule has 1 aromatic carbocycles. The van der Waals surface area contributed by atoms with Crippen LogP contribution in [-0.4, -0.2) is 30.7 Å². The Bertz CT molecular complexity index is 639. The van der Waals surface area contributed by atoms with Gasteiger partial charge in [0.1, 0.15) is 0 Å². The molecule has 0 amide bonds. The maximum atomic E-state index is 13.6. The van der Waals surface area contributed by atoms with Crippen molar-refractivity contribution in [3.05, 3.63) is 33.6 Å². The Morgan fingerprint density at radius 2 is 1.85 bits per heavy atom. The summed E-state index contributed by atoms with van der Waals surface area (Å²) in [5, 5.41) is 10.8. The number of piperidine rings is 1. The molecule has 1 saturated heterocycles. The van der Waals surface area contributed by atoms with Crippen LogP contribution in [0.2, 0.25) is 0 Å². The molecule has 110 valence electrons. The first kappa shape index (κ1) is 14.9. The molecule has 0 aromatic heterocycles. The van der Waals surface area contributed by atoms with E-state index in [9.17, 15) is 22.9 Å². The van der Waals surface area contributed by atoms with E-state index in [1.54, 1.807) is 0 Å². The van der Waals surface area contributed by atoms with E-state index in [1.165, 1.54) is 11.2 Å². The van der Waals surface area contributed by atoms with Gasteiger partial charge in [-0.3, -0.25) is 10.1 Å². The van der Waals surface area contributed by atoms with Gasteiger partial charge in [0.05, 0.1) is 9.82 Å². The summed E-state index contributed by atoms with van der Waals surface area (Å²) in [4.78, 5) is 9.66. The van der Waals surface area contributed by atoms with Crippen LogP contribution in [0.3, 0.4) is 0 Å². The molecule has 0 N–H and O–H groups in total. The molecule has 1 aromatic rings. The maximum Gasteiger partial charge on any atom is 0.306 e. The fourth-order valence-electron chi connectivity index (χ4n) is 2.25. The molecule has 0 aliphatic carbocycles. The smallest absolute Gasteiger partial charge is 0.258 e. The maximum absolute atomic E-state index is 13.6. The molecule has 0 unspecified atom stereocenters. The van der Waals surface area contributed by atoms with Gasteiger partial charge in [0, 0.05) is 19.2 Å². The van der Waals surface area contributed by atoms with Crippen molar-refractivity contribution in [3.63, 3.8) is 0 Å². The van der Waals surface area contributed by atoms with Crippen molar-refractivity contribution in [3.8, 4) is 0 Å². The van der Waals surface area contributed by atoms with Gasteiger partial charge < -0.3 is 0 Å². The molecular weight excluding hydrogens is 287 g/mol. The highest BCUT2D eigenvalue weighted by Gasteiger charge is 2.29. The van der Waals surface area contributed by atoms with E-state index in [0.29, 0.717) is 13.1 Å². The average molecular weight is 302 g/mol. The van der Waals surface area contributed by atoms with E-state index in [0.717, 1.165) is 31.4 Å². The van der Waals surface area contributed by atoms with Gasteiger partial charge in [-0.05, 0) is 31.4 Å². The second-order valence-corrected chi connectivity index (χ2v) is 6.73. The van der Waals surface area contributed by atoms with Gasteiger partial charge in [-0.2, -0.15) is 8.70 Å². The third kappa shape index (κ3) is 2.66. The predicted molar refractivity (Wildman–Crippen MR) is 70.4 cm³/mol. The summed E-state index contributed by atoms with van der Waals surface area (Å²) in [6.45, 7) is 2.11. The Balaban J connectivity index is 2.49. The quantitative estimate of drug-likeness (QED) is 0.633. The fraction of sp³-hybridized carbons (Fsp3) is 0.500. The Kier molecular flexibility index (Phi) is 4.05. The number of halogens is 1. The zero-order chi connectivity index (χ0) is 14.9. The third-order valence-corrected chi connectivity index (χ3v) is 5.23. The van der Waals surface area contributed by atoms with Crippen molar-refractivity contribution < 1.29 is 17.7 Å². The number of nitro benzene ring substituents is 1. The predicted octanol–water partition coefficient (Wildman–Crippen LogP) is 2.22. The number of hydrogen-bond acceptors (Lipinski definition) is 4. The van der Waals surface area contributed by atoms with Gasteiger partial charge in [0.25, 0.3) is 0 Å². The minimum atomic E-state index is -3.80. The van der Waals surface area contributed by atoms with Crippen LogP contribution in [0, 0.1) is 22.9 Å². The molecule has 0 radical (unpaired) electrons. The highest BCUT2D eigenvalue weighted by atomic mass is 32.2. The van der Waals surface area contributed by atoms with E-state index in [4.69, 9.17) is 0 Å². The standard InChI is InChI=1S/C12H15FN2O4S/c1-9-7-10(8-11(12(9)13)15(16)17)20(18,19)14-5-3-2-4-6-14/h7-8H,2-6H2,1H3. The number of nitro groups is 1. The van der Waals surface area contributed by atoms with Crippen molar-refractivity contribution >= 4 is 15.7 Å². The van der Waals surface area contributed by atoms with Crippen molar-refractivity contribution in [2.45, 2.75) is 31.1 Å². The largest absolute Gasteiger partial charge is 0.306 e. The summed E-state index contributed by atoms with van der Waals surface area (Å²) < 4.78 is 39.7. The molecule has 2 rings (SSSR count). The van der Waals surface area contributed by atoms with E-state index in [-0.39, 0.29) is 10.5 Å². The van der Waals surface area contributed by atoms with Crippen molar-refractivity contribution in [2.75, 3.05) is 13.1 Å². The second kappa shape index (κ2) is 5.45. The summed E-state index contributed by atoms with van der Waals surface area (Å²) in [5.41, 5.74) is -0.852. The Morgan fingerprint density at radius 1 is 1.25 bits per heavy atom. The number of rotatable bonds is 3. The van der Waals surface area contributed by atoms with Gasteiger partial charge in [-0.15, -0.1) is 0 Å². The van der Waals surface area contributed by atoms with Crippen LogP contribution in [0.15, 0.2) is 17.0 Å². The van der Waals surface area contributed by atoms with E-state index >= 15 is 0 Å². The van der Waals surface area contributed by atoms with Crippen LogP contribution in [0.4, 0.5) is 10.1 Å². The van der Waals surface area contributed by atoms with E-state index in [2.05, 4.69) is 0 Å². The highest BCUT2D eigenvalue weighted by molar-refractivity contribution is 7.89. The highest BCUT2D eigenvalue weighted by Crippen LogP contribution is 2.28. The molecule has 8 heteroatoms. The van der Waals surface area contributed by atoms with E-state index < -0.39 is 26.5 Å². The second-order valence-electron chi connectivity index (χ2n) is 4.80. The minimum Gasteiger partial charge on any atom is -0.258 e. The van der Waals surface area contributed by atoms with Crippen LogP contribution >= 0.6 is 0 Å². The lowest BCUT2D eigenvalue weighted by Crippen LogP contribution is -2.35. The summed E-state index contributed by atoms with van der Waals surface area (Å²) in [6, 6.07) is 1.94. The number of sulfonamides is 1. The number of hydrogen-bond donors (Lipinski definition) is 0. The first-order valence-electron chi connectivity index (χ1n) is 6.28. The molecule has 1 fully saturated rings. The SMILES string of the molecule is Cc1cc(S(=O)(=O)N2CCCCC2)cc([N+](=O)[O-])c1F. The fourth-order valence-corrected chi connectivity index (χ4v) is 3.88. The molecule has 1 aliphatic heterocycles. The van der Waals surface area contributed by atoms with Crippen molar-refractivity contribution in [1.82, 2.24) is 4.31 Å². The Morgan fingerprint density at radius 3 is 2.40 bits per heavy atom. The lowest BCUT2D eigenvalue weighted by molar-refractivity contribution is -0.387. The zero-order valence-corrected chi connectivity index (χ0v) is 11.8. The van der Waals surface area contributed by atoms with Gasteiger partial charge >= 0.3 is 5.69 Å². The summed E-state index contributed by atoms with van der Waals surface area (Å²) in [5.74, 6) is -0.993. The average Bonchev–Trinajstić information content (AvgIpc) is 2.42.